The number of nitrogens with one attached hydrogen (secondary N) is 2. The van der Waals surface area contributed by atoms with Crippen LogP contribution in [0, 0.1) is 0 Å². The fourth-order valence-electron chi connectivity index (χ4n) is 3.73. The first-order valence-corrected chi connectivity index (χ1v) is 10.7. The molecule has 3 N–H and O–H groups in total. The number of ether oxygens (including phenoxy) is 1. The van der Waals surface area contributed by atoms with Crippen molar-refractivity contribution in [2.75, 3.05) is 6.61 Å². The van der Waals surface area contributed by atoms with Gasteiger partial charge in [0.1, 0.15) is 5.75 Å². The fourth-order valence-corrected chi connectivity index (χ4v) is 3.73. The molecule has 6 nitrogen and oxygen atoms in total. The highest BCUT2D eigenvalue weighted by Gasteiger charge is 2.36. The first-order valence-electron chi connectivity index (χ1n) is 10.7. The number of rotatable bonds is 5. The number of allylic oxidation sites excluding steroid dienone is 1. The predicted molar refractivity (Wildman–Crippen MR) is 118 cm³/mol. The van der Waals surface area contributed by atoms with Gasteiger partial charge in [0.05, 0.1) is 18.2 Å². The first-order chi connectivity index (χ1) is 13.8. The number of hydrogen-bond acceptors (Lipinski definition) is 4. The van der Waals surface area contributed by atoms with Crippen molar-refractivity contribution < 1.29 is 19.4 Å². The monoisotopic (exact) mass is 416 g/mol. The van der Waals surface area contributed by atoms with Gasteiger partial charge in [-0.3, -0.25) is 0 Å². The number of carbonyl (C=O) groups excluding carboxylic acids is 2. The SMILES string of the molecule is CCCC1=C(C(=O)OCC)C(c2cc(C(C)(C)C)c(O)c(C(C)(C)C)c2)NC(=O)N1. The summed E-state index contributed by atoms with van der Waals surface area (Å²) in [6.07, 6.45) is 1.34. The number of phenols is 1. The quantitative estimate of drug-likeness (QED) is 0.592. The van der Waals surface area contributed by atoms with Crippen LogP contribution in [0.1, 0.15) is 91.0 Å². The minimum atomic E-state index is -0.651. The van der Waals surface area contributed by atoms with Crippen molar-refractivity contribution >= 4 is 12.0 Å². The van der Waals surface area contributed by atoms with Gasteiger partial charge in [0.15, 0.2) is 0 Å². The van der Waals surface area contributed by atoms with Crippen LogP contribution in [-0.2, 0) is 20.4 Å². The van der Waals surface area contributed by atoms with Crippen LogP contribution in [-0.4, -0.2) is 23.7 Å². The van der Waals surface area contributed by atoms with E-state index in [2.05, 4.69) is 10.6 Å². The summed E-state index contributed by atoms with van der Waals surface area (Å²) in [7, 11) is 0. The van der Waals surface area contributed by atoms with Gasteiger partial charge in [-0.25, -0.2) is 9.59 Å². The molecule has 166 valence electrons. The summed E-state index contributed by atoms with van der Waals surface area (Å²) in [5, 5.41) is 16.7. The summed E-state index contributed by atoms with van der Waals surface area (Å²) in [6, 6.07) is 2.79. The van der Waals surface area contributed by atoms with Crippen LogP contribution in [0.25, 0.3) is 0 Å². The summed E-state index contributed by atoms with van der Waals surface area (Å²) in [5.74, 6) is -0.185. The molecule has 2 rings (SSSR count). The van der Waals surface area contributed by atoms with Crippen LogP contribution >= 0.6 is 0 Å². The second-order valence-corrected chi connectivity index (χ2v) is 9.86. The number of carbonyl (C=O) groups is 2. The molecule has 1 aliphatic heterocycles. The van der Waals surface area contributed by atoms with Crippen LogP contribution in [0.5, 0.6) is 5.75 Å². The Labute approximate surface area is 180 Å². The Morgan fingerprint density at radius 2 is 1.60 bits per heavy atom. The highest BCUT2D eigenvalue weighted by molar-refractivity contribution is 5.95. The van der Waals surface area contributed by atoms with Gasteiger partial charge in [-0.15, -0.1) is 0 Å². The molecule has 1 aliphatic rings. The largest absolute Gasteiger partial charge is 0.507 e. The zero-order valence-electron chi connectivity index (χ0n) is 19.5. The molecule has 1 heterocycles. The van der Waals surface area contributed by atoms with Crippen molar-refractivity contribution in [1.82, 2.24) is 10.6 Å². The molecule has 0 radical (unpaired) electrons. The third-order valence-electron chi connectivity index (χ3n) is 5.23. The van der Waals surface area contributed by atoms with E-state index in [1.165, 1.54) is 0 Å². The lowest BCUT2D eigenvalue weighted by Gasteiger charge is -2.33. The molecular formula is C24H36N2O4. The Kier molecular flexibility index (Phi) is 6.90. The van der Waals surface area contributed by atoms with Crippen LogP contribution < -0.4 is 10.6 Å². The van der Waals surface area contributed by atoms with E-state index in [0.717, 1.165) is 23.1 Å². The molecule has 30 heavy (non-hydrogen) atoms. The highest BCUT2D eigenvalue weighted by atomic mass is 16.5. The van der Waals surface area contributed by atoms with Crippen molar-refractivity contribution in [3.8, 4) is 5.75 Å². The minimum Gasteiger partial charge on any atom is -0.507 e. The smallest absolute Gasteiger partial charge is 0.338 e. The molecule has 0 fully saturated rings. The lowest BCUT2D eigenvalue weighted by Crippen LogP contribution is -2.46. The van der Waals surface area contributed by atoms with Gasteiger partial charge >= 0.3 is 12.0 Å². The molecule has 0 saturated heterocycles. The lowest BCUT2D eigenvalue weighted by atomic mass is 9.77. The van der Waals surface area contributed by atoms with Gasteiger partial charge < -0.3 is 20.5 Å². The molecule has 1 aromatic carbocycles. The summed E-state index contributed by atoms with van der Waals surface area (Å²) < 4.78 is 5.33. The maximum Gasteiger partial charge on any atom is 0.338 e. The van der Waals surface area contributed by atoms with Crippen molar-refractivity contribution in [3.05, 3.63) is 40.1 Å². The van der Waals surface area contributed by atoms with E-state index in [1.54, 1.807) is 6.92 Å². The second kappa shape index (κ2) is 8.70. The van der Waals surface area contributed by atoms with E-state index in [9.17, 15) is 14.7 Å². The van der Waals surface area contributed by atoms with Crippen LogP contribution in [0.2, 0.25) is 0 Å². The number of phenolic OH excluding ortho intramolecular Hbond substituents is 1. The lowest BCUT2D eigenvalue weighted by molar-refractivity contribution is -0.139. The van der Waals surface area contributed by atoms with Gasteiger partial charge in [-0.05, 0) is 53.0 Å². The first kappa shape index (κ1) is 23.8. The summed E-state index contributed by atoms with van der Waals surface area (Å²) in [4.78, 5) is 25.3. The number of amides is 2. The maximum atomic E-state index is 12.9. The average molecular weight is 417 g/mol. The molecule has 0 spiro atoms. The number of urea groups is 1. The van der Waals surface area contributed by atoms with Crippen LogP contribution in [0.3, 0.4) is 0 Å². The summed E-state index contributed by atoms with van der Waals surface area (Å²) >= 11 is 0. The van der Waals surface area contributed by atoms with Crippen LogP contribution in [0.15, 0.2) is 23.4 Å². The third-order valence-corrected chi connectivity index (χ3v) is 5.23. The van der Waals surface area contributed by atoms with E-state index in [0.29, 0.717) is 17.7 Å². The van der Waals surface area contributed by atoms with Gasteiger partial charge in [0.2, 0.25) is 0 Å². The van der Waals surface area contributed by atoms with E-state index in [-0.39, 0.29) is 29.2 Å². The van der Waals surface area contributed by atoms with E-state index in [1.807, 2.05) is 60.6 Å². The standard InChI is InChI=1S/C24H36N2O4/c1-9-11-17-18(21(28)30-10-2)19(26-22(29)25-17)14-12-15(23(3,4)5)20(27)16(13-14)24(6,7)8/h12-13,19,27H,9-11H2,1-8H3,(H2,25,26,29). The van der Waals surface area contributed by atoms with E-state index >= 15 is 0 Å². The molecule has 0 saturated carbocycles. The average Bonchev–Trinajstić information content (AvgIpc) is 2.59. The Hall–Kier alpha value is -2.50. The van der Waals surface area contributed by atoms with Gasteiger partial charge in [0, 0.05) is 5.70 Å². The number of hydrogen-bond donors (Lipinski definition) is 3. The van der Waals surface area contributed by atoms with Crippen molar-refractivity contribution in [3.63, 3.8) is 0 Å². The zero-order valence-corrected chi connectivity index (χ0v) is 19.5. The van der Waals surface area contributed by atoms with Gasteiger partial charge in [0.25, 0.3) is 0 Å². The molecule has 2 amide bonds. The third kappa shape index (κ3) is 4.97. The van der Waals surface area contributed by atoms with E-state index < -0.39 is 12.0 Å². The van der Waals surface area contributed by atoms with Crippen molar-refractivity contribution in [1.29, 1.82) is 0 Å². The predicted octanol–water partition coefficient (Wildman–Crippen LogP) is 4.96. The van der Waals surface area contributed by atoms with Crippen LogP contribution in [0.4, 0.5) is 4.79 Å². The molecule has 6 heteroatoms. The highest BCUT2D eigenvalue weighted by Crippen LogP contribution is 2.42. The summed E-state index contributed by atoms with van der Waals surface area (Å²) in [6.45, 7) is 16.2. The molecular weight excluding hydrogens is 380 g/mol. The van der Waals surface area contributed by atoms with Gasteiger partial charge in [-0.2, -0.15) is 0 Å². The molecule has 1 aromatic rings. The van der Waals surface area contributed by atoms with Gasteiger partial charge in [-0.1, -0.05) is 54.9 Å². The Bertz CT molecular complexity index is 822. The number of aromatic hydroxyl groups is 1. The molecule has 0 aliphatic carbocycles. The second-order valence-electron chi connectivity index (χ2n) is 9.86. The number of esters is 1. The van der Waals surface area contributed by atoms with E-state index in [4.69, 9.17) is 4.74 Å². The fraction of sp³-hybridized carbons (Fsp3) is 0.583. The van der Waals surface area contributed by atoms with Crippen molar-refractivity contribution in [2.45, 2.75) is 85.1 Å². The molecule has 1 unspecified atom stereocenters. The molecule has 0 bridgehead atoms. The normalized spacial score (nSPS) is 17.5. The Morgan fingerprint density at radius 3 is 2.03 bits per heavy atom. The molecule has 1 atom stereocenters. The Morgan fingerprint density at radius 1 is 1.07 bits per heavy atom. The number of benzene rings is 1. The summed E-state index contributed by atoms with van der Waals surface area (Å²) in [5.41, 5.74) is 2.68. The zero-order chi connectivity index (χ0) is 22.9. The molecule has 0 aromatic heterocycles. The maximum absolute atomic E-state index is 12.9. The minimum absolute atomic E-state index is 0.248. The topological polar surface area (TPSA) is 87.7 Å². The van der Waals surface area contributed by atoms with Crippen molar-refractivity contribution in [2.24, 2.45) is 0 Å². The Balaban J connectivity index is 2.79.